The van der Waals surface area contributed by atoms with Crippen molar-refractivity contribution in [1.82, 2.24) is 5.32 Å². The number of carbonyl (C=O) groups is 2. The molecule has 0 aromatic heterocycles. The predicted octanol–water partition coefficient (Wildman–Crippen LogP) is 1.39. The first-order valence-electron chi connectivity index (χ1n) is 6.21. The van der Waals surface area contributed by atoms with Gasteiger partial charge in [0.1, 0.15) is 5.54 Å². The number of aryl methyl sites for hydroxylation is 1. The molecule has 0 spiro atoms. The Morgan fingerprint density at radius 3 is 2.68 bits per heavy atom. The summed E-state index contributed by atoms with van der Waals surface area (Å²) in [7, 11) is 1.34. The lowest BCUT2D eigenvalue weighted by molar-refractivity contribution is -0.151. The van der Waals surface area contributed by atoms with Gasteiger partial charge in [0, 0.05) is 6.42 Å². The third-order valence-corrected chi connectivity index (χ3v) is 3.56. The number of benzene rings is 1. The van der Waals surface area contributed by atoms with Crippen LogP contribution in [-0.2, 0) is 27.2 Å². The number of esters is 1. The lowest BCUT2D eigenvalue weighted by Gasteiger charge is -2.36. The smallest absolute Gasteiger partial charge is 0.331 e. The van der Waals surface area contributed by atoms with E-state index in [1.165, 1.54) is 18.7 Å². The maximum Gasteiger partial charge on any atom is 0.331 e. The van der Waals surface area contributed by atoms with Crippen LogP contribution in [0, 0.1) is 0 Å². The molecule has 0 radical (unpaired) electrons. The van der Waals surface area contributed by atoms with Gasteiger partial charge in [0.2, 0.25) is 5.91 Å². The summed E-state index contributed by atoms with van der Waals surface area (Å²) in [5.74, 6) is -0.762. The van der Waals surface area contributed by atoms with Crippen molar-refractivity contribution in [3.63, 3.8) is 0 Å². The third kappa shape index (κ3) is 2.52. The Balaban J connectivity index is 2.34. The van der Waals surface area contributed by atoms with E-state index < -0.39 is 11.5 Å². The van der Waals surface area contributed by atoms with E-state index in [4.69, 9.17) is 4.74 Å². The second kappa shape index (κ2) is 5.26. The Morgan fingerprint density at radius 1 is 1.37 bits per heavy atom. The molecule has 0 saturated heterocycles. The number of fused-ring (bicyclic) bond motifs is 1. The maximum absolute atomic E-state index is 12.1. The summed E-state index contributed by atoms with van der Waals surface area (Å²) in [6.45, 7) is 3.42. The van der Waals surface area contributed by atoms with Crippen LogP contribution in [0.2, 0.25) is 0 Å². The van der Waals surface area contributed by atoms with Gasteiger partial charge in [-0.15, -0.1) is 0 Å². The standard InChI is InChI=1S/C15H17NO3/c1-3-13(17)16-15(14(18)19-2)9-8-11-6-4-5-7-12(11)10-15/h3-7H,1,8-10H2,2H3,(H,16,17). The number of amides is 1. The average molecular weight is 259 g/mol. The molecule has 4 heteroatoms. The van der Waals surface area contributed by atoms with E-state index in [-0.39, 0.29) is 5.91 Å². The molecule has 0 fully saturated rings. The molecule has 1 aromatic rings. The molecule has 1 aliphatic carbocycles. The summed E-state index contributed by atoms with van der Waals surface area (Å²) in [6.07, 6.45) is 2.90. The number of hydrogen-bond acceptors (Lipinski definition) is 3. The van der Waals surface area contributed by atoms with Crippen molar-refractivity contribution in [2.45, 2.75) is 24.8 Å². The van der Waals surface area contributed by atoms with Crippen LogP contribution in [-0.4, -0.2) is 24.5 Å². The largest absolute Gasteiger partial charge is 0.467 e. The number of carbonyl (C=O) groups excluding carboxylic acids is 2. The zero-order valence-corrected chi connectivity index (χ0v) is 10.9. The Morgan fingerprint density at radius 2 is 2.05 bits per heavy atom. The molecule has 19 heavy (non-hydrogen) atoms. The van der Waals surface area contributed by atoms with Gasteiger partial charge in [-0.2, -0.15) is 0 Å². The van der Waals surface area contributed by atoms with Gasteiger partial charge >= 0.3 is 5.97 Å². The third-order valence-electron chi connectivity index (χ3n) is 3.56. The fourth-order valence-corrected chi connectivity index (χ4v) is 2.55. The molecule has 2 rings (SSSR count). The lowest BCUT2D eigenvalue weighted by atomic mass is 9.78. The molecule has 0 aliphatic heterocycles. The molecule has 100 valence electrons. The summed E-state index contributed by atoms with van der Waals surface area (Å²) in [5.41, 5.74) is 1.31. The molecule has 0 saturated carbocycles. The number of hydrogen-bond donors (Lipinski definition) is 1. The minimum absolute atomic E-state index is 0.357. The average Bonchev–Trinajstić information content (AvgIpc) is 2.46. The first-order valence-corrected chi connectivity index (χ1v) is 6.21. The lowest BCUT2D eigenvalue weighted by Crippen LogP contribution is -2.58. The van der Waals surface area contributed by atoms with Gasteiger partial charge in [-0.05, 0) is 30.0 Å². The fourth-order valence-electron chi connectivity index (χ4n) is 2.55. The van der Waals surface area contributed by atoms with E-state index in [2.05, 4.69) is 11.9 Å². The molecular weight excluding hydrogens is 242 g/mol. The van der Waals surface area contributed by atoms with Crippen molar-refractivity contribution in [1.29, 1.82) is 0 Å². The molecule has 0 bridgehead atoms. The van der Waals surface area contributed by atoms with Crippen molar-refractivity contribution in [3.05, 3.63) is 48.0 Å². The Hall–Kier alpha value is -2.10. The Labute approximate surface area is 112 Å². The van der Waals surface area contributed by atoms with Crippen molar-refractivity contribution >= 4 is 11.9 Å². The zero-order chi connectivity index (χ0) is 13.9. The number of rotatable bonds is 3. The molecule has 4 nitrogen and oxygen atoms in total. The first-order chi connectivity index (χ1) is 9.11. The van der Waals surface area contributed by atoms with Crippen molar-refractivity contribution in [2.24, 2.45) is 0 Å². The van der Waals surface area contributed by atoms with E-state index in [0.717, 1.165) is 12.0 Å². The summed E-state index contributed by atoms with van der Waals surface area (Å²) in [5, 5.41) is 2.74. The van der Waals surface area contributed by atoms with Crippen LogP contribution in [0.3, 0.4) is 0 Å². The fraction of sp³-hybridized carbons (Fsp3) is 0.333. The van der Waals surface area contributed by atoms with Crippen LogP contribution in [0.1, 0.15) is 17.5 Å². The highest BCUT2D eigenvalue weighted by atomic mass is 16.5. The summed E-state index contributed by atoms with van der Waals surface area (Å²) < 4.78 is 4.87. The molecule has 1 unspecified atom stereocenters. The molecular formula is C15H17NO3. The topological polar surface area (TPSA) is 55.4 Å². The van der Waals surface area contributed by atoms with Crippen LogP contribution >= 0.6 is 0 Å². The number of ether oxygens (including phenoxy) is 1. The van der Waals surface area contributed by atoms with Gasteiger partial charge in [-0.1, -0.05) is 30.8 Å². The SMILES string of the molecule is C=CC(=O)NC1(C(=O)OC)CCc2ccccc2C1. The van der Waals surface area contributed by atoms with Crippen LogP contribution in [0.15, 0.2) is 36.9 Å². The molecule has 1 aromatic carbocycles. The highest BCUT2D eigenvalue weighted by Crippen LogP contribution is 2.29. The quantitative estimate of drug-likeness (QED) is 0.659. The first kappa shape index (κ1) is 13.3. The van der Waals surface area contributed by atoms with Gasteiger partial charge in [0.05, 0.1) is 7.11 Å². The van der Waals surface area contributed by atoms with Crippen LogP contribution in [0.25, 0.3) is 0 Å². The van der Waals surface area contributed by atoms with Gasteiger partial charge in [0.25, 0.3) is 0 Å². The van der Waals surface area contributed by atoms with E-state index in [9.17, 15) is 9.59 Å². The van der Waals surface area contributed by atoms with Crippen LogP contribution in [0.4, 0.5) is 0 Å². The van der Waals surface area contributed by atoms with Crippen LogP contribution in [0.5, 0.6) is 0 Å². The number of methoxy groups -OCH3 is 1. The molecule has 1 atom stereocenters. The Bertz CT molecular complexity index is 524. The van der Waals surface area contributed by atoms with E-state index in [0.29, 0.717) is 12.8 Å². The molecule has 0 heterocycles. The summed E-state index contributed by atoms with van der Waals surface area (Å²) in [6, 6.07) is 7.94. The van der Waals surface area contributed by atoms with Crippen molar-refractivity contribution in [3.8, 4) is 0 Å². The van der Waals surface area contributed by atoms with E-state index in [1.54, 1.807) is 0 Å². The van der Waals surface area contributed by atoms with Crippen molar-refractivity contribution in [2.75, 3.05) is 7.11 Å². The Kier molecular flexibility index (Phi) is 3.69. The van der Waals surface area contributed by atoms with E-state index in [1.807, 2.05) is 24.3 Å². The normalized spacial score (nSPS) is 21.1. The minimum atomic E-state index is -0.978. The molecule has 1 N–H and O–H groups in total. The van der Waals surface area contributed by atoms with Crippen molar-refractivity contribution < 1.29 is 14.3 Å². The minimum Gasteiger partial charge on any atom is -0.467 e. The monoisotopic (exact) mass is 259 g/mol. The van der Waals surface area contributed by atoms with Gasteiger partial charge < -0.3 is 10.1 Å². The van der Waals surface area contributed by atoms with E-state index >= 15 is 0 Å². The van der Waals surface area contributed by atoms with Gasteiger partial charge in [0.15, 0.2) is 0 Å². The van der Waals surface area contributed by atoms with Gasteiger partial charge in [-0.25, -0.2) is 4.79 Å². The predicted molar refractivity (Wildman–Crippen MR) is 71.6 cm³/mol. The number of nitrogens with one attached hydrogen (secondary N) is 1. The highest BCUT2D eigenvalue weighted by Gasteiger charge is 2.43. The zero-order valence-electron chi connectivity index (χ0n) is 10.9. The summed E-state index contributed by atoms with van der Waals surface area (Å²) in [4.78, 5) is 23.7. The molecule has 1 amide bonds. The second-order valence-electron chi connectivity index (χ2n) is 4.71. The summed E-state index contributed by atoms with van der Waals surface area (Å²) >= 11 is 0. The molecule has 1 aliphatic rings. The second-order valence-corrected chi connectivity index (χ2v) is 4.71. The highest BCUT2D eigenvalue weighted by molar-refractivity contribution is 5.93. The van der Waals surface area contributed by atoms with Gasteiger partial charge in [-0.3, -0.25) is 4.79 Å². The van der Waals surface area contributed by atoms with Crippen LogP contribution < -0.4 is 5.32 Å². The maximum atomic E-state index is 12.1.